The first-order chi connectivity index (χ1) is 8.56. The standard InChI is InChI=1S/C13H12INO3/c1-8-2-4-10(18-8)7-15-13(17)11-6-9(14)3-5-12(11)16/h2-6,16H,7H2,1H3,(H,15,17). The van der Waals surface area contributed by atoms with Crippen LogP contribution < -0.4 is 5.32 Å². The van der Waals surface area contributed by atoms with E-state index in [1.807, 2.05) is 19.1 Å². The third-order valence-corrected chi connectivity index (χ3v) is 3.09. The van der Waals surface area contributed by atoms with Crippen LogP contribution in [-0.2, 0) is 6.54 Å². The monoisotopic (exact) mass is 357 g/mol. The zero-order chi connectivity index (χ0) is 13.1. The van der Waals surface area contributed by atoms with Crippen LogP contribution >= 0.6 is 22.6 Å². The number of halogens is 1. The van der Waals surface area contributed by atoms with E-state index in [9.17, 15) is 9.90 Å². The van der Waals surface area contributed by atoms with Crippen LogP contribution in [0.25, 0.3) is 0 Å². The third-order valence-electron chi connectivity index (χ3n) is 2.42. The summed E-state index contributed by atoms with van der Waals surface area (Å²) < 4.78 is 6.24. The van der Waals surface area contributed by atoms with Crippen molar-refractivity contribution in [2.75, 3.05) is 0 Å². The van der Waals surface area contributed by atoms with Gasteiger partial charge in [-0.1, -0.05) is 0 Å². The van der Waals surface area contributed by atoms with Gasteiger partial charge in [0, 0.05) is 3.57 Å². The van der Waals surface area contributed by atoms with Crippen LogP contribution in [0.1, 0.15) is 21.9 Å². The average molecular weight is 357 g/mol. The molecule has 94 valence electrons. The second-order valence-corrected chi connectivity index (χ2v) is 5.10. The highest BCUT2D eigenvalue weighted by Crippen LogP contribution is 2.19. The van der Waals surface area contributed by atoms with E-state index in [2.05, 4.69) is 27.9 Å². The fraction of sp³-hybridized carbons (Fsp3) is 0.154. The quantitative estimate of drug-likeness (QED) is 0.831. The van der Waals surface area contributed by atoms with Crippen molar-refractivity contribution in [3.8, 4) is 5.75 Å². The van der Waals surface area contributed by atoms with Crippen LogP contribution in [0.4, 0.5) is 0 Å². The minimum absolute atomic E-state index is 0.0245. The lowest BCUT2D eigenvalue weighted by atomic mass is 10.2. The Bertz CT molecular complexity index is 577. The van der Waals surface area contributed by atoms with Gasteiger partial charge in [0.15, 0.2) is 0 Å². The topological polar surface area (TPSA) is 62.5 Å². The maximum absolute atomic E-state index is 11.9. The van der Waals surface area contributed by atoms with Crippen LogP contribution in [0.3, 0.4) is 0 Å². The zero-order valence-electron chi connectivity index (χ0n) is 9.74. The van der Waals surface area contributed by atoms with Crippen molar-refractivity contribution < 1.29 is 14.3 Å². The van der Waals surface area contributed by atoms with E-state index in [1.54, 1.807) is 12.1 Å². The molecular weight excluding hydrogens is 345 g/mol. The van der Waals surface area contributed by atoms with Crippen molar-refractivity contribution in [1.82, 2.24) is 5.32 Å². The smallest absolute Gasteiger partial charge is 0.255 e. The van der Waals surface area contributed by atoms with Crippen LogP contribution in [0.2, 0.25) is 0 Å². The Balaban J connectivity index is 2.05. The fourth-order valence-corrected chi connectivity index (χ4v) is 2.02. The summed E-state index contributed by atoms with van der Waals surface area (Å²) in [6.07, 6.45) is 0. The highest BCUT2D eigenvalue weighted by molar-refractivity contribution is 14.1. The van der Waals surface area contributed by atoms with E-state index in [0.717, 1.165) is 9.33 Å². The van der Waals surface area contributed by atoms with E-state index < -0.39 is 0 Å². The summed E-state index contributed by atoms with van der Waals surface area (Å²) in [5.41, 5.74) is 0.269. The molecule has 18 heavy (non-hydrogen) atoms. The zero-order valence-corrected chi connectivity index (χ0v) is 11.9. The van der Waals surface area contributed by atoms with Gasteiger partial charge in [0.1, 0.15) is 17.3 Å². The Morgan fingerprint density at radius 1 is 1.39 bits per heavy atom. The summed E-state index contributed by atoms with van der Waals surface area (Å²) in [4.78, 5) is 11.9. The predicted molar refractivity (Wildman–Crippen MR) is 75.4 cm³/mol. The molecule has 0 radical (unpaired) electrons. The van der Waals surface area contributed by atoms with Crippen LogP contribution in [-0.4, -0.2) is 11.0 Å². The lowest BCUT2D eigenvalue weighted by molar-refractivity contribution is 0.0945. The van der Waals surface area contributed by atoms with Crippen LogP contribution in [0, 0.1) is 10.5 Å². The lowest BCUT2D eigenvalue weighted by Gasteiger charge is -2.06. The SMILES string of the molecule is Cc1ccc(CNC(=O)c2cc(I)ccc2O)o1. The van der Waals surface area contributed by atoms with Gasteiger partial charge in [0.25, 0.3) is 5.91 Å². The van der Waals surface area contributed by atoms with E-state index in [0.29, 0.717) is 12.3 Å². The fourth-order valence-electron chi connectivity index (χ4n) is 1.53. The summed E-state index contributed by atoms with van der Waals surface area (Å²) in [7, 11) is 0. The van der Waals surface area contributed by atoms with Gasteiger partial charge < -0.3 is 14.8 Å². The summed E-state index contributed by atoms with van der Waals surface area (Å²) >= 11 is 2.09. The van der Waals surface area contributed by atoms with Crippen molar-refractivity contribution in [3.05, 3.63) is 51.0 Å². The maximum Gasteiger partial charge on any atom is 0.255 e. The minimum atomic E-state index is -0.319. The van der Waals surface area contributed by atoms with Gasteiger partial charge in [-0.2, -0.15) is 0 Å². The average Bonchev–Trinajstić information content (AvgIpc) is 2.75. The number of phenols is 1. The number of hydrogen-bond donors (Lipinski definition) is 2. The number of benzene rings is 1. The number of rotatable bonds is 3. The molecule has 0 spiro atoms. The van der Waals surface area contributed by atoms with E-state index >= 15 is 0 Å². The van der Waals surface area contributed by atoms with Crippen LogP contribution in [0.15, 0.2) is 34.7 Å². The van der Waals surface area contributed by atoms with Crippen molar-refractivity contribution in [3.63, 3.8) is 0 Å². The Kier molecular flexibility index (Phi) is 3.90. The number of nitrogens with one attached hydrogen (secondary N) is 1. The summed E-state index contributed by atoms with van der Waals surface area (Å²) in [5.74, 6) is 1.14. The van der Waals surface area contributed by atoms with E-state index in [1.165, 1.54) is 6.07 Å². The minimum Gasteiger partial charge on any atom is -0.507 e. The predicted octanol–water partition coefficient (Wildman–Crippen LogP) is 2.83. The molecule has 2 aromatic rings. The maximum atomic E-state index is 11.9. The van der Waals surface area contributed by atoms with Crippen molar-refractivity contribution in [1.29, 1.82) is 0 Å². The Morgan fingerprint density at radius 2 is 2.17 bits per heavy atom. The summed E-state index contributed by atoms with van der Waals surface area (Å²) in [6.45, 7) is 2.15. The molecule has 0 fully saturated rings. The summed E-state index contributed by atoms with van der Waals surface area (Å²) in [5, 5.41) is 12.3. The molecule has 1 aromatic carbocycles. The molecule has 0 aliphatic carbocycles. The Morgan fingerprint density at radius 3 is 2.83 bits per heavy atom. The van der Waals surface area contributed by atoms with Gasteiger partial charge in [0.2, 0.25) is 0 Å². The highest BCUT2D eigenvalue weighted by Gasteiger charge is 2.11. The molecule has 0 bridgehead atoms. The van der Waals surface area contributed by atoms with Gasteiger partial charge in [0.05, 0.1) is 12.1 Å². The molecule has 0 atom stereocenters. The van der Waals surface area contributed by atoms with Gasteiger partial charge in [-0.3, -0.25) is 4.79 Å². The molecule has 1 heterocycles. The molecule has 0 aliphatic rings. The van der Waals surface area contributed by atoms with Crippen LogP contribution in [0.5, 0.6) is 5.75 Å². The van der Waals surface area contributed by atoms with E-state index in [4.69, 9.17) is 4.42 Å². The van der Waals surface area contributed by atoms with Gasteiger partial charge in [-0.15, -0.1) is 0 Å². The lowest BCUT2D eigenvalue weighted by Crippen LogP contribution is -2.22. The number of phenolic OH excluding ortho intramolecular Hbond substituents is 1. The normalized spacial score (nSPS) is 10.3. The van der Waals surface area contributed by atoms with Gasteiger partial charge in [-0.25, -0.2) is 0 Å². The molecule has 1 aromatic heterocycles. The molecule has 5 heteroatoms. The highest BCUT2D eigenvalue weighted by atomic mass is 127. The number of hydrogen-bond acceptors (Lipinski definition) is 3. The molecule has 1 amide bonds. The van der Waals surface area contributed by atoms with Crippen molar-refractivity contribution >= 4 is 28.5 Å². The largest absolute Gasteiger partial charge is 0.507 e. The molecule has 2 rings (SSSR count). The summed E-state index contributed by atoms with van der Waals surface area (Å²) in [6, 6.07) is 8.53. The molecule has 0 aliphatic heterocycles. The number of amides is 1. The van der Waals surface area contributed by atoms with Crippen molar-refractivity contribution in [2.24, 2.45) is 0 Å². The van der Waals surface area contributed by atoms with Gasteiger partial charge in [-0.05, 0) is 59.8 Å². The molecule has 0 saturated heterocycles. The van der Waals surface area contributed by atoms with E-state index in [-0.39, 0.29) is 17.2 Å². The molecule has 4 nitrogen and oxygen atoms in total. The Labute approximate surface area is 118 Å². The second kappa shape index (κ2) is 5.43. The first-order valence-corrected chi connectivity index (χ1v) is 6.46. The number of aromatic hydroxyl groups is 1. The first kappa shape index (κ1) is 12.9. The van der Waals surface area contributed by atoms with Crippen molar-refractivity contribution in [2.45, 2.75) is 13.5 Å². The number of carbonyl (C=O) groups is 1. The molecule has 0 saturated carbocycles. The number of carbonyl (C=O) groups excluding carboxylic acids is 1. The Hall–Kier alpha value is -1.50. The number of aryl methyl sites for hydroxylation is 1. The molecule has 0 unspecified atom stereocenters. The third kappa shape index (κ3) is 3.04. The number of furan rings is 1. The molecular formula is C13H12INO3. The van der Waals surface area contributed by atoms with Gasteiger partial charge >= 0.3 is 0 Å². The second-order valence-electron chi connectivity index (χ2n) is 3.86. The first-order valence-electron chi connectivity index (χ1n) is 5.38. The molecule has 2 N–H and O–H groups in total.